The summed E-state index contributed by atoms with van der Waals surface area (Å²) in [5.41, 5.74) is 2.55. The SMILES string of the molecule is CC.CC.Cc1ccc2cccn2c1. The van der Waals surface area contributed by atoms with Crippen LogP contribution in [0.5, 0.6) is 0 Å². The number of hydrogen-bond donors (Lipinski definition) is 0. The molecule has 0 N–H and O–H groups in total. The highest BCUT2D eigenvalue weighted by molar-refractivity contribution is 5.47. The number of pyridine rings is 1. The van der Waals surface area contributed by atoms with Crippen LogP contribution >= 0.6 is 0 Å². The Morgan fingerprint density at radius 3 is 2.21 bits per heavy atom. The molecular formula is C13H21N. The van der Waals surface area contributed by atoms with Crippen molar-refractivity contribution in [1.82, 2.24) is 4.40 Å². The van der Waals surface area contributed by atoms with E-state index in [0.717, 1.165) is 0 Å². The molecule has 0 aromatic carbocycles. The van der Waals surface area contributed by atoms with Gasteiger partial charge in [-0.25, -0.2) is 0 Å². The van der Waals surface area contributed by atoms with E-state index in [1.165, 1.54) is 11.1 Å². The molecule has 1 heteroatoms. The molecule has 1 nitrogen and oxygen atoms in total. The molecule has 0 aliphatic heterocycles. The molecule has 78 valence electrons. The minimum atomic E-state index is 1.26. The standard InChI is InChI=1S/C9H9N.2C2H6/c1-8-4-5-9-3-2-6-10(9)7-8;2*1-2/h2-7H,1H3;2*1-2H3. The van der Waals surface area contributed by atoms with Crippen LogP contribution in [0.15, 0.2) is 36.7 Å². The molecule has 0 fully saturated rings. The van der Waals surface area contributed by atoms with Gasteiger partial charge in [0.2, 0.25) is 0 Å². The highest BCUT2D eigenvalue weighted by atomic mass is 14.8. The molecule has 0 unspecified atom stereocenters. The van der Waals surface area contributed by atoms with Crippen molar-refractivity contribution in [2.24, 2.45) is 0 Å². The maximum absolute atomic E-state index is 2.12. The van der Waals surface area contributed by atoms with Crippen LogP contribution < -0.4 is 0 Å². The summed E-state index contributed by atoms with van der Waals surface area (Å²) < 4.78 is 2.12. The summed E-state index contributed by atoms with van der Waals surface area (Å²) in [7, 11) is 0. The molecular weight excluding hydrogens is 170 g/mol. The van der Waals surface area contributed by atoms with E-state index in [9.17, 15) is 0 Å². The largest absolute Gasteiger partial charge is 0.324 e. The smallest absolute Gasteiger partial charge is 0.0450 e. The van der Waals surface area contributed by atoms with Gasteiger partial charge in [-0.3, -0.25) is 0 Å². The second-order valence-electron chi connectivity index (χ2n) is 2.55. The van der Waals surface area contributed by atoms with Crippen LogP contribution in [-0.4, -0.2) is 4.40 Å². The molecule has 0 saturated heterocycles. The van der Waals surface area contributed by atoms with Crippen LogP contribution in [0, 0.1) is 6.92 Å². The van der Waals surface area contributed by atoms with Crippen molar-refractivity contribution >= 4 is 5.52 Å². The minimum absolute atomic E-state index is 1.26. The molecule has 0 aliphatic rings. The lowest BCUT2D eigenvalue weighted by Gasteiger charge is -1.94. The summed E-state index contributed by atoms with van der Waals surface area (Å²) in [6.07, 6.45) is 4.18. The zero-order valence-corrected chi connectivity index (χ0v) is 9.91. The molecule has 2 heterocycles. The van der Waals surface area contributed by atoms with Gasteiger partial charge in [0.1, 0.15) is 0 Å². The van der Waals surface area contributed by atoms with Gasteiger partial charge in [-0.15, -0.1) is 0 Å². The summed E-state index contributed by atoms with van der Waals surface area (Å²) in [5, 5.41) is 0. The zero-order valence-electron chi connectivity index (χ0n) is 9.91. The summed E-state index contributed by atoms with van der Waals surface area (Å²) in [6.45, 7) is 10.1. The van der Waals surface area contributed by atoms with Crippen molar-refractivity contribution in [3.05, 3.63) is 42.2 Å². The second kappa shape index (κ2) is 7.19. The van der Waals surface area contributed by atoms with E-state index >= 15 is 0 Å². The van der Waals surface area contributed by atoms with E-state index in [4.69, 9.17) is 0 Å². The fraction of sp³-hybridized carbons (Fsp3) is 0.385. The van der Waals surface area contributed by atoms with Gasteiger partial charge in [0.25, 0.3) is 0 Å². The monoisotopic (exact) mass is 191 g/mol. The quantitative estimate of drug-likeness (QED) is 0.585. The van der Waals surface area contributed by atoms with Crippen LogP contribution in [0.1, 0.15) is 33.3 Å². The number of aromatic nitrogens is 1. The zero-order chi connectivity index (χ0) is 11.0. The molecule has 0 amide bonds. The molecule has 0 atom stereocenters. The number of hydrogen-bond acceptors (Lipinski definition) is 0. The Hall–Kier alpha value is -1.24. The van der Waals surface area contributed by atoms with Crippen molar-refractivity contribution < 1.29 is 0 Å². The Balaban J connectivity index is 0.000000379. The molecule has 0 spiro atoms. The Morgan fingerprint density at radius 2 is 1.57 bits per heavy atom. The third-order valence-electron chi connectivity index (χ3n) is 1.67. The van der Waals surface area contributed by atoms with E-state index in [2.05, 4.69) is 48.0 Å². The van der Waals surface area contributed by atoms with Crippen molar-refractivity contribution in [2.45, 2.75) is 34.6 Å². The molecule has 2 aromatic rings. The predicted molar refractivity (Wildman–Crippen MR) is 64.8 cm³/mol. The average Bonchev–Trinajstić information content (AvgIpc) is 2.71. The van der Waals surface area contributed by atoms with E-state index in [0.29, 0.717) is 0 Å². The topological polar surface area (TPSA) is 4.41 Å². The van der Waals surface area contributed by atoms with Crippen LogP contribution in [0.3, 0.4) is 0 Å². The van der Waals surface area contributed by atoms with Crippen molar-refractivity contribution in [3.63, 3.8) is 0 Å². The van der Waals surface area contributed by atoms with Crippen molar-refractivity contribution in [1.29, 1.82) is 0 Å². The maximum atomic E-state index is 2.12. The van der Waals surface area contributed by atoms with Gasteiger partial charge >= 0.3 is 0 Å². The minimum Gasteiger partial charge on any atom is -0.324 e. The number of aryl methyl sites for hydroxylation is 1. The van der Waals surface area contributed by atoms with E-state index in [1.807, 2.05) is 27.7 Å². The van der Waals surface area contributed by atoms with E-state index in [-0.39, 0.29) is 0 Å². The number of nitrogens with zero attached hydrogens (tertiary/aromatic N) is 1. The molecule has 0 aliphatic carbocycles. The highest BCUT2D eigenvalue weighted by Gasteiger charge is 1.88. The third-order valence-corrected chi connectivity index (χ3v) is 1.67. The lowest BCUT2D eigenvalue weighted by atomic mass is 10.3. The van der Waals surface area contributed by atoms with Gasteiger partial charge in [0, 0.05) is 17.9 Å². The lowest BCUT2D eigenvalue weighted by molar-refractivity contribution is 1.17. The Bertz CT molecular complexity index is 347. The maximum Gasteiger partial charge on any atom is 0.0450 e. The fourth-order valence-electron chi connectivity index (χ4n) is 1.14. The highest BCUT2D eigenvalue weighted by Crippen LogP contribution is 2.05. The van der Waals surface area contributed by atoms with E-state index < -0.39 is 0 Å². The molecule has 0 radical (unpaired) electrons. The van der Waals surface area contributed by atoms with Gasteiger partial charge in [-0.2, -0.15) is 0 Å². The number of fused-ring (bicyclic) bond motifs is 1. The van der Waals surface area contributed by atoms with E-state index in [1.54, 1.807) is 0 Å². The van der Waals surface area contributed by atoms with Gasteiger partial charge in [-0.05, 0) is 30.7 Å². The average molecular weight is 191 g/mol. The Morgan fingerprint density at radius 1 is 0.929 bits per heavy atom. The summed E-state index contributed by atoms with van der Waals surface area (Å²) in [6, 6.07) is 8.39. The fourth-order valence-corrected chi connectivity index (χ4v) is 1.14. The third kappa shape index (κ3) is 3.25. The van der Waals surface area contributed by atoms with Gasteiger partial charge < -0.3 is 4.40 Å². The molecule has 0 saturated carbocycles. The lowest BCUT2D eigenvalue weighted by Crippen LogP contribution is -1.81. The number of rotatable bonds is 0. The van der Waals surface area contributed by atoms with Gasteiger partial charge in [-0.1, -0.05) is 33.8 Å². The van der Waals surface area contributed by atoms with Crippen LogP contribution in [0.2, 0.25) is 0 Å². The second-order valence-corrected chi connectivity index (χ2v) is 2.55. The van der Waals surface area contributed by atoms with Crippen LogP contribution in [0.4, 0.5) is 0 Å². The van der Waals surface area contributed by atoms with Crippen LogP contribution in [0.25, 0.3) is 5.52 Å². The molecule has 0 bridgehead atoms. The molecule has 2 aromatic heterocycles. The first-order valence-electron chi connectivity index (χ1n) is 5.39. The van der Waals surface area contributed by atoms with Crippen molar-refractivity contribution in [2.75, 3.05) is 0 Å². The summed E-state index contributed by atoms with van der Waals surface area (Å²) in [5.74, 6) is 0. The summed E-state index contributed by atoms with van der Waals surface area (Å²) >= 11 is 0. The van der Waals surface area contributed by atoms with Gasteiger partial charge in [0.05, 0.1) is 0 Å². The Labute approximate surface area is 87.4 Å². The first-order chi connectivity index (χ1) is 6.86. The Kier molecular flexibility index (Phi) is 6.55. The first kappa shape index (κ1) is 12.8. The first-order valence-corrected chi connectivity index (χ1v) is 5.39. The van der Waals surface area contributed by atoms with Gasteiger partial charge in [0.15, 0.2) is 0 Å². The predicted octanol–water partition coefficient (Wildman–Crippen LogP) is 4.30. The molecule has 2 rings (SSSR count). The summed E-state index contributed by atoms with van der Waals surface area (Å²) in [4.78, 5) is 0. The van der Waals surface area contributed by atoms with Crippen LogP contribution in [-0.2, 0) is 0 Å². The van der Waals surface area contributed by atoms with Crippen molar-refractivity contribution in [3.8, 4) is 0 Å². The molecule has 14 heavy (non-hydrogen) atoms. The normalized spacial score (nSPS) is 8.36.